The third-order valence-electron chi connectivity index (χ3n) is 5.29. The van der Waals surface area contributed by atoms with E-state index in [0.29, 0.717) is 44.0 Å². The van der Waals surface area contributed by atoms with Crippen LogP contribution in [0.2, 0.25) is 0 Å². The second-order valence-electron chi connectivity index (χ2n) is 7.91. The lowest BCUT2D eigenvalue weighted by molar-refractivity contribution is -0.143. The summed E-state index contributed by atoms with van der Waals surface area (Å²) in [4.78, 5) is 21.3. The standard InChI is InChI=1S/C21H23F6N5O/c1-13-3-4-28-17(9-13)18(32-7-5-31(2)6-8-32)19(33)30-29-16-11-14(20(22,23)24)10-15(12-16)21(25,26)27/h3-4,9-12,18,29H,5-8H2,1-2H3,(H,30,33). The SMILES string of the molecule is Cc1ccnc(C(C(=O)NNc2cc(C(F)(F)F)cc(C(F)(F)F)c2)N2CCN(C)CC2)c1. The van der Waals surface area contributed by atoms with Gasteiger partial charge in [0.05, 0.1) is 22.5 Å². The number of hydrogen-bond donors (Lipinski definition) is 2. The van der Waals surface area contributed by atoms with Gasteiger partial charge in [-0.1, -0.05) is 0 Å². The van der Waals surface area contributed by atoms with Gasteiger partial charge in [-0.3, -0.25) is 25.5 Å². The number of rotatable bonds is 5. The first kappa shape index (κ1) is 24.8. The van der Waals surface area contributed by atoms with Gasteiger partial charge in [-0.15, -0.1) is 0 Å². The summed E-state index contributed by atoms with van der Waals surface area (Å²) in [5, 5.41) is 0. The van der Waals surface area contributed by atoms with Crippen LogP contribution >= 0.6 is 0 Å². The van der Waals surface area contributed by atoms with Gasteiger partial charge in [-0.2, -0.15) is 26.3 Å². The van der Waals surface area contributed by atoms with Crippen molar-refractivity contribution in [2.75, 3.05) is 38.7 Å². The third kappa shape index (κ3) is 6.35. The van der Waals surface area contributed by atoms with Crippen LogP contribution in [0.1, 0.15) is 28.4 Å². The van der Waals surface area contributed by atoms with Gasteiger partial charge in [0.2, 0.25) is 0 Å². The number of piperazine rings is 1. The molecule has 33 heavy (non-hydrogen) atoms. The highest BCUT2D eigenvalue weighted by Gasteiger charge is 2.37. The van der Waals surface area contributed by atoms with Crippen molar-refractivity contribution in [2.24, 2.45) is 0 Å². The van der Waals surface area contributed by atoms with Gasteiger partial charge >= 0.3 is 12.4 Å². The number of anilines is 1. The van der Waals surface area contributed by atoms with Crippen LogP contribution in [0.4, 0.5) is 32.0 Å². The Hall–Kier alpha value is -2.86. The zero-order valence-corrected chi connectivity index (χ0v) is 17.9. The van der Waals surface area contributed by atoms with E-state index in [9.17, 15) is 31.1 Å². The van der Waals surface area contributed by atoms with Crippen molar-refractivity contribution in [2.45, 2.75) is 25.3 Å². The number of benzene rings is 1. The van der Waals surface area contributed by atoms with Crippen molar-refractivity contribution in [3.8, 4) is 0 Å². The predicted molar refractivity (Wildman–Crippen MR) is 109 cm³/mol. The van der Waals surface area contributed by atoms with Crippen molar-refractivity contribution < 1.29 is 31.1 Å². The number of amides is 1. The predicted octanol–water partition coefficient (Wildman–Crippen LogP) is 3.86. The van der Waals surface area contributed by atoms with E-state index in [1.165, 1.54) is 6.20 Å². The van der Waals surface area contributed by atoms with Crippen molar-refractivity contribution in [3.63, 3.8) is 0 Å². The number of aromatic nitrogens is 1. The number of hydrazine groups is 1. The van der Waals surface area contributed by atoms with Gasteiger partial charge in [0.1, 0.15) is 6.04 Å². The van der Waals surface area contributed by atoms with Crippen LogP contribution < -0.4 is 10.9 Å². The first-order chi connectivity index (χ1) is 15.3. The lowest BCUT2D eigenvalue weighted by Crippen LogP contribution is -2.50. The maximum atomic E-state index is 13.1. The lowest BCUT2D eigenvalue weighted by atomic mass is 10.1. The van der Waals surface area contributed by atoms with E-state index >= 15 is 0 Å². The molecule has 0 saturated carbocycles. The van der Waals surface area contributed by atoms with E-state index in [2.05, 4.69) is 20.7 Å². The molecule has 2 heterocycles. The molecule has 1 aliphatic heterocycles. The summed E-state index contributed by atoms with van der Waals surface area (Å²) in [6.45, 7) is 4.26. The van der Waals surface area contributed by atoms with Crippen molar-refractivity contribution >= 4 is 11.6 Å². The Morgan fingerprint density at radius 2 is 1.55 bits per heavy atom. The molecule has 3 rings (SSSR count). The van der Waals surface area contributed by atoms with Crippen LogP contribution in [0.25, 0.3) is 0 Å². The van der Waals surface area contributed by atoms with Gasteiger partial charge < -0.3 is 4.90 Å². The molecule has 1 unspecified atom stereocenters. The average molecular weight is 475 g/mol. The summed E-state index contributed by atoms with van der Waals surface area (Å²) in [5.74, 6) is -0.649. The number of aryl methyl sites for hydroxylation is 1. The number of nitrogens with zero attached hydrogens (tertiary/aromatic N) is 3. The minimum Gasteiger partial charge on any atom is -0.304 e. The molecule has 1 amide bonds. The zero-order valence-electron chi connectivity index (χ0n) is 17.9. The lowest BCUT2D eigenvalue weighted by Gasteiger charge is -2.37. The minimum atomic E-state index is -4.99. The summed E-state index contributed by atoms with van der Waals surface area (Å²) < 4.78 is 78.6. The normalized spacial score (nSPS) is 17.0. The monoisotopic (exact) mass is 475 g/mol. The molecule has 1 fully saturated rings. The number of nitrogens with one attached hydrogen (secondary N) is 2. The molecule has 1 aromatic carbocycles. The van der Waals surface area contributed by atoms with Crippen molar-refractivity contribution in [1.82, 2.24) is 20.2 Å². The molecule has 2 N–H and O–H groups in total. The van der Waals surface area contributed by atoms with E-state index in [4.69, 9.17) is 0 Å². The molecular weight excluding hydrogens is 452 g/mol. The Kier molecular flexibility index (Phi) is 7.17. The third-order valence-corrected chi connectivity index (χ3v) is 5.29. The van der Waals surface area contributed by atoms with Crippen LogP contribution in [-0.4, -0.2) is 53.9 Å². The molecule has 1 aliphatic rings. The molecule has 2 aromatic rings. The highest BCUT2D eigenvalue weighted by Crippen LogP contribution is 2.37. The number of carbonyl (C=O) groups is 1. The Labute approximate surface area is 186 Å². The van der Waals surface area contributed by atoms with Crippen LogP contribution in [0.5, 0.6) is 0 Å². The summed E-state index contributed by atoms with van der Waals surface area (Å²) >= 11 is 0. The van der Waals surface area contributed by atoms with E-state index in [-0.39, 0.29) is 6.07 Å². The summed E-state index contributed by atoms with van der Waals surface area (Å²) in [6.07, 6.45) is -8.44. The number of carbonyl (C=O) groups excluding carboxylic acids is 1. The topological polar surface area (TPSA) is 60.5 Å². The first-order valence-corrected chi connectivity index (χ1v) is 10.0. The Morgan fingerprint density at radius 1 is 0.970 bits per heavy atom. The van der Waals surface area contributed by atoms with Gasteiger partial charge in [-0.25, -0.2) is 0 Å². The summed E-state index contributed by atoms with van der Waals surface area (Å²) in [5.41, 5.74) is 2.26. The van der Waals surface area contributed by atoms with Crippen LogP contribution in [-0.2, 0) is 17.1 Å². The number of alkyl halides is 6. The minimum absolute atomic E-state index is 0.0245. The van der Waals surface area contributed by atoms with E-state index in [0.717, 1.165) is 5.56 Å². The molecule has 12 heteroatoms. The van der Waals surface area contributed by atoms with Crippen LogP contribution in [0, 0.1) is 6.92 Å². The van der Waals surface area contributed by atoms with Gasteiger partial charge in [0.25, 0.3) is 5.91 Å². The molecule has 0 spiro atoms. The highest BCUT2D eigenvalue weighted by atomic mass is 19.4. The quantitative estimate of drug-likeness (QED) is 0.508. The second kappa shape index (κ2) is 9.56. The fraction of sp³-hybridized carbons (Fsp3) is 0.429. The zero-order chi connectivity index (χ0) is 24.4. The number of halogens is 6. The van der Waals surface area contributed by atoms with Gasteiger partial charge in [0.15, 0.2) is 0 Å². The van der Waals surface area contributed by atoms with Gasteiger partial charge in [0, 0.05) is 32.4 Å². The van der Waals surface area contributed by atoms with Crippen molar-refractivity contribution in [3.05, 3.63) is 58.9 Å². The Bertz CT molecular complexity index is 954. The van der Waals surface area contributed by atoms with E-state index in [1.54, 1.807) is 12.1 Å². The van der Waals surface area contributed by atoms with Crippen LogP contribution in [0.15, 0.2) is 36.5 Å². The highest BCUT2D eigenvalue weighted by molar-refractivity contribution is 5.84. The number of likely N-dealkylation sites (N-methyl/N-ethyl adjacent to an activating group) is 1. The van der Waals surface area contributed by atoms with E-state index in [1.807, 2.05) is 18.9 Å². The maximum Gasteiger partial charge on any atom is 0.416 e. The molecule has 6 nitrogen and oxygen atoms in total. The van der Waals surface area contributed by atoms with E-state index < -0.39 is 41.1 Å². The van der Waals surface area contributed by atoms with Gasteiger partial charge in [-0.05, 0) is 49.9 Å². The number of pyridine rings is 1. The first-order valence-electron chi connectivity index (χ1n) is 10.0. The number of hydrogen-bond acceptors (Lipinski definition) is 5. The average Bonchev–Trinajstić information content (AvgIpc) is 2.72. The molecule has 1 aromatic heterocycles. The summed E-state index contributed by atoms with van der Waals surface area (Å²) in [7, 11) is 1.94. The fourth-order valence-corrected chi connectivity index (χ4v) is 3.51. The molecular formula is C21H23F6N5O. The largest absolute Gasteiger partial charge is 0.416 e. The molecule has 0 aliphatic carbocycles. The van der Waals surface area contributed by atoms with Crippen LogP contribution in [0.3, 0.4) is 0 Å². The Balaban J connectivity index is 1.85. The smallest absolute Gasteiger partial charge is 0.304 e. The molecule has 180 valence electrons. The second-order valence-corrected chi connectivity index (χ2v) is 7.91. The molecule has 1 saturated heterocycles. The maximum absolute atomic E-state index is 13.1. The van der Waals surface area contributed by atoms with Crippen molar-refractivity contribution in [1.29, 1.82) is 0 Å². The molecule has 1 atom stereocenters. The fourth-order valence-electron chi connectivity index (χ4n) is 3.51. The Morgan fingerprint density at radius 3 is 2.06 bits per heavy atom. The molecule has 0 bridgehead atoms. The molecule has 0 radical (unpaired) electrons. The summed E-state index contributed by atoms with van der Waals surface area (Å²) in [6, 6.07) is 3.63.